The number of halogens is 3. The van der Waals surface area contributed by atoms with Crippen LogP contribution in [0, 0.1) is 11.8 Å². The van der Waals surface area contributed by atoms with E-state index in [9.17, 15) is 27.6 Å². The van der Waals surface area contributed by atoms with E-state index in [-0.39, 0.29) is 31.6 Å². The van der Waals surface area contributed by atoms with E-state index in [0.29, 0.717) is 31.5 Å². The highest BCUT2D eigenvalue weighted by Gasteiger charge is 2.41. The number of carbonyl (C=O) groups excluding carboxylic acids is 3. The smallest absolute Gasteiger partial charge is 0.416 e. The van der Waals surface area contributed by atoms with Gasteiger partial charge in [-0.2, -0.15) is 13.2 Å². The molecule has 2 unspecified atom stereocenters. The highest BCUT2D eigenvalue weighted by Crippen LogP contribution is 2.33. The third kappa shape index (κ3) is 4.54. The van der Waals surface area contributed by atoms with E-state index in [0.717, 1.165) is 12.1 Å². The second-order valence-electron chi connectivity index (χ2n) is 7.25. The highest BCUT2D eigenvalue weighted by atomic mass is 19.4. The van der Waals surface area contributed by atoms with E-state index in [1.165, 1.54) is 21.9 Å². The average molecular weight is 412 g/mol. The first-order valence-corrected chi connectivity index (χ1v) is 9.66. The van der Waals surface area contributed by atoms with Crippen molar-refractivity contribution in [2.45, 2.75) is 32.4 Å². The van der Waals surface area contributed by atoms with Crippen LogP contribution in [0.15, 0.2) is 24.3 Å². The van der Waals surface area contributed by atoms with E-state index < -0.39 is 29.5 Å². The fourth-order valence-electron chi connectivity index (χ4n) is 3.85. The first-order valence-electron chi connectivity index (χ1n) is 9.66. The molecule has 0 radical (unpaired) electrons. The van der Waals surface area contributed by atoms with E-state index in [1.54, 1.807) is 6.92 Å². The second kappa shape index (κ2) is 8.42. The lowest BCUT2D eigenvalue weighted by Crippen LogP contribution is -2.46. The van der Waals surface area contributed by atoms with Crippen LogP contribution in [0.1, 0.15) is 31.7 Å². The molecule has 0 saturated carbocycles. The normalized spacial score (nSPS) is 22.7. The van der Waals surface area contributed by atoms with Gasteiger partial charge in [0.15, 0.2) is 0 Å². The number of carbonyl (C=O) groups is 3. The van der Waals surface area contributed by atoms with Crippen LogP contribution in [0.3, 0.4) is 0 Å². The number of likely N-dealkylation sites (tertiary alicyclic amines) is 1. The van der Waals surface area contributed by atoms with Crippen molar-refractivity contribution < 1.29 is 32.3 Å². The molecule has 0 aliphatic carbocycles. The lowest BCUT2D eigenvalue weighted by molar-refractivity contribution is -0.152. The van der Waals surface area contributed by atoms with Crippen molar-refractivity contribution in [3.63, 3.8) is 0 Å². The quantitative estimate of drug-likeness (QED) is 0.564. The number of alkyl halides is 3. The molecule has 0 bridgehead atoms. The average Bonchev–Trinajstić information content (AvgIpc) is 3.08. The monoisotopic (exact) mass is 412 g/mol. The Morgan fingerprint density at radius 1 is 1.14 bits per heavy atom. The van der Waals surface area contributed by atoms with Crippen LogP contribution >= 0.6 is 0 Å². The van der Waals surface area contributed by atoms with Gasteiger partial charge < -0.3 is 14.5 Å². The Balaban J connectivity index is 1.66. The van der Waals surface area contributed by atoms with E-state index in [4.69, 9.17) is 4.74 Å². The summed E-state index contributed by atoms with van der Waals surface area (Å²) in [6.07, 6.45) is -2.87. The largest absolute Gasteiger partial charge is 0.466 e. The molecule has 2 heterocycles. The van der Waals surface area contributed by atoms with Gasteiger partial charge >= 0.3 is 12.1 Å². The van der Waals surface area contributed by atoms with Crippen molar-refractivity contribution in [2.75, 3.05) is 31.1 Å². The van der Waals surface area contributed by atoms with Gasteiger partial charge in [-0.05, 0) is 50.5 Å². The maximum Gasteiger partial charge on any atom is 0.416 e. The van der Waals surface area contributed by atoms with Gasteiger partial charge in [0.05, 0.1) is 18.1 Å². The first kappa shape index (κ1) is 21.1. The van der Waals surface area contributed by atoms with Crippen molar-refractivity contribution >= 4 is 23.5 Å². The molecule has 0 N–H and O–H groups in total. The fourth-order valence-corrected chi connectivity index (χ4v) is 3.85. The number of ether oxygens (including phenoxy) is 1. The Bertz CT molecular complexity index is 779. The van der Waals surface area contributed by atoms with Crippen LogP contribution in [-0.4, -0.2) is 48.9 Å². The predicted molar refractivity (Wildman–Crippen MR) is 97.8 cm³/mol. The zero-order valence-corrected chi connectivity index (χ0v) is 16.1. The van der Waals surface area contributed by atoms with Crippen molar-refractivity contribution in [1.29, 1.82) is 0 Å². The van der Waals surface area contributed by atoms with Gasteiger partial charge in [-0.15, -0.1) is 0 Å². The number of anilines is 1. The minimum atomic E-state index is -4.45. The number of nitrogens with zero attached hydrogens (tertiary/aromatic N) is 2. The highest BCUT2D eigenvalue weighted by molar-refractivity contribution is 6.09. The summed E-state index contributed by atoms with van der Waals surface area (Å²) < 4.78 is 43.2. The van der Waals surface area contributed by atoms with E-state index >= 15 is 0 Å². The summed E-state index contributed by atoms with van der Waals surface area (Å²) in [5.41, 5.74) is -0.458. The molecule has 1 aromatic carbocycles. The Morgan fingerprint density at radius 3 is 2.45 bits per heavy atom. The van der Waals surface area contributed by atoms with Crippen LogP contribution in [-0.2, 0) is 25.3 Å². The van der Waals surface area contributed by atoms with Crippen LogP contribution in [0.4, 0.5) is 18.9 Å². The molecule has 2 fully saturated rings. The summed E-state index contributed by atoms with van der Waals surface area (Å²) in [6, 6.07) is 4.33. The van der Waals surface area contributed by atoms with Crippen LogP contribution in [0.25, 0.3) is 0 Å². The number of benzene rings is 1. The summed E-state index contributed by atoms with van der Waals surface area (Å²) in [5.74, 6) is -2.37. The number of amides is 2. The van der Waals surface area contributed by atoms with Gasteiger partial charge in [0.2, 0.25) is 11.8 Å². The summed E-state index contributed by atoms with van der Waals surface area (Å²) >= 11 is 0. The molecule has 9 heteroatoms. The van der Waals surface area contributed by atoms with Crippen molar-refractivity contribution in [3.8, 4) is 0 Å². The molecule has 2 atom stereocenters. The first-order chi connectivity index (χ1) is 13.7. The molecule has 2 aliphatic heterocycles. The number of hydrogen-bond acceptors (Lipinski definition) is 4. The zero-order valence-electron chi connectivity index (χ0n) is 16.1. The second-order valence-corrected chi connectivity index (χ2v) is 7.25. The Labute approximate surface area is 166 Å². The standard InChI is InChI=1S/C20H23F3N2O4/c1-2-29-19(28)13-4-3-10-24(12-13)17(26)16-9-11-25(18(16)27)15-7-5-14(6-8-15)20(21,22)23/h5-8,13,16H,2-4,9-12H2,1H3. The summed E-state index contributed by atoms with van der Waals surface area (Å²) in [5, 5.41) is 0. The lowest BCUT2D eigenvalue weighted by atomic mass is 9.96. The number of piperidine rings is 1. The molecule has 2 aliphatic rings. The summed E-state index contributed by atoms with van der Waals surface area (Å²) in [7, 11) is 0. The molecule has 6 nitrogen and oxygen atoms in total. The van der Waals surface area contributed by atoms with Crippen LogP contribution < -0.4 is 4.90 Å². The third-order valence-corrected chi connectivity index (χ3v) is 5.36. The van der Waals surface area contributed by atoms with Gasteiger partial charge in [0.1, 0.15) is 5.92 Å². The molecular formula is C20H23F3N2O4. The molecule has 0 aromatic heterocycles. The Kier molecular flexibility index (Phi) is 6.14. The van der Waals surface area contributed by atoms with Crippen LogP contribution in [0.2, 0.25) is 0 Å². The van der Waals surface area contributed by atoms with Gasteiger partial charge in [0.25, 0.3) is 0 Å². The minimum Gasteiger partial charge on any atom is -0.466 e. The molecule has 29 heavy (non-hydrogen) atoms. The van der Waals surface area contributed by atoms with Gasteiger partial charge in [-0.3, -0.25) is 14.4 Å². The lowest BCUT2D eigenvalue weighted by Gasteiger charge is -2.32. The molecule has 158 valence electrons. The SMILES string of the molecule is CCOC(=O)C1CCCN(C(=O)C2CCN(c3ccc(C(F)(F)F)cc3)C2=O)C1. The third-order valence-electron chi connectivity index (χ3n) is 5.36. The Morgan fingerprint density at radius 2 is 1.83 bits per heavy atom. The van der Waals surface area contributed by atoms with E-state index in [2.05, 4.69) is 0 Å². The number of rotatable bonds is 4. The molecule has 2 saturated heterocycles. The maximum absolute atomic E-state index is 12.9. The molecule has 1 aromatic rings. The summed E-state index contributed by atoms with van der Waals surface area (Å²) in [6.45, 7) is 2.94. The molecular weight excluding hydrogens is 389 g/mol. The van der Waals surface area contributed by atoms with Gasteiger partial charge in [-0.1, -0.05) is 0 Å². The minimum absolute atomic E-state index is 0.224. The topological polar surface area (TPSA) is 66.9 Å². The van der Waals surface area contributed by atoms with Crippen molar-refractivity contribution in [2.24, 2.45) is 11.8 Å². The molecule has 2 amide bonds. The molecule has 3 rings (SSSR count). The maximum atomic E-state index is 12.9. The van der Waals surface area contributed by atoms with Crippen molar-refractivity contribution in [1.82, 2.24) is 4.90 Å². The van der Waals surface area contributed by atoms with Gasteiger partial charge in [-0.25, -0.2) is 0 Å². The number of hydrogen-bond donors (Lipinski definition) is 0. The van der Waals surface area contributed by atoms with Crippen LogP contribution in [0.5, 0.6) is 0 Å². The number of esters is 1. The Hall–Kier alpha value is -2.58. The van der Waals surface area contributed by atoms with E-state index in [1.807, 2.05) is 0 Å². The molecule has 0 spiro atoms. The predicted octanol–water partition coefficient (Wildman–Crippen LogP) is 2.86. The van der Waals surface area contributed by atoms with Crippen molar-refractivity contribution in [3.05, 3.63) is 29.8 Å². The summed E-state index contributed by atoms with van der Waals surface area (Å²) in [4.78, 5) is 40.5. The fraction of sp³-hybridized carbons (Fsp3) is 0.550. The zero-order chi connectivity index (χ0) is 21.2. The van der Waals surface area contributed by atoms with Gasteiger partial charge in [0, 0.05) is 25.3 Å².